The molecule has 0 aliphatic carbocycles. The minimum atomic E-state index is -4.17. The first-order valence-corrected chi connectivity index (χ1v) is 11.4. The van der Waals surface area contributed by atoms with E-state index in [4.69, 9.17) is 9.47 Å². The highest BCUT2D eigenvalue weighted by Crippen LogP contribution is 2.47. The summed E-state index contributed by atoms with van der Waals surface area (Å²) in [6.07, 6.45) is -0.425. The average Bonchev–Trinajstić information content (AvgIpc) is 3.26. The van der Waals surface area contributed by atoms with Crippen LogP contribution in [0.4, 0.5) is 14.5 Å². The predicted octanol–water partition coefficient (Wildman–Crippen LogP) is 3.00. The third-order valence-corrected chi connectivity index (χ3v) is 7.67. The lowest BCUT2D eigenvalue weighted by molar-refractivity contribution is -0.282. The summed E-state index contributed by atoms with van der Waals surface area (Å²) >= 11 is 0. The number of nitrogens with zero attached hydrogens (tertiary/aromatic N) is 1. The van der Waals surface area contributed by atoms with Crippen LogP contribution in [-0.2, 0) is 30.1 Å². The molecule has 1 amide bonds. The Kier molecular flexibility index (Phi) is 4.67. The van der Waals surface area contributed by atoms with E-state index >= 15 is 0 Å². The average molecular weight is 450 g/mol. The van der Waals surface area contributed by atoms with Gasteiger partial charge in [-0.1, -0.05) is 30.3 Å². The number of hydrogen-bond acceptors (Lipinski definition) is 5. The quantitative estimate of drug-likeness (QED) is 0.777. The maximum Gasteiger partial charge on any atom is 0.289 e. The molecule has 31 heavy (non-hydrogen) atoms. The van der Waals surface area contributed by atoms with Crippen LogP contribution in [0.15, 0.2) is 53.4 Å². The second kappa shape index (κ2) is 7.06. The van der Waals surface area contributed by atoms with E-state index in [-0.39, 0.29) is 23.6 Å². The van der Waals surface area contributed by atoms with Crippen molar-refractivity contribution in [2.24, 2.45) is 0 Å². The number of carbonyl (C=O) groups is 1. The molecule has 5 rings (SSSR count). The van der Waals surface area contributed by atoms with Crippen molar-refractivity contribution in [3.8, 4) is 0 Å². The van der Waals surface area contributed by atoms with Crippen LogP contribution in [0.1, 0.15) is 30.1 Å². The maximum atomic E-state index is 13.6. The smallest absolute Gasteiger partial charge is 0.289 e. The van der Waals surface area contributed by atoms with E-state index in [2.05, 4.69) is 5.32 Å². The van der Waals surface area contributed by atoms with Crippen molar-refractivity contribution in [1.29, 1.82) is 0 Å². The maximum absolute atomic E-state index is 13.6. The molecule has 2 aromatic rings. The van der Waals surface area contributed by atoms with Crippen LogP contribution in [0.5, 0.6) is 0 Å². The highest BCUT2D eigenvalue weighted by molar-refractivity contribution is 7.89. The van der Waals surface area contributed by atoms with E-state index in [0.717, 1.165) is 9.87 Å². The molecular weight excluding hydrogens is 430 g/mol. The number of benzene rings is 2. The molecule has 2 atom stereocenters. The second-order valence-corrected chi connectivity index (χ2v) is 9.81. The SMILES string of the molecule is O=C1Nc2ccc(S(=O)(=O)N3CCC(F)(F)C3)cc2[C@]12OCCC(c1ccccc1)O2. The van der Waals surface area contributed by atoms with Crippen LogP contribution < -0.4 is 5.32 Å². The van der Waals surface area contributed by atoms with Gasteiger partial charge in [-0.25, -0.2) is 17.2 Å². The van der Waals surface area contributed by atoms with Gasteiger partial charge in [0.1, 0.15) is 0 Å². The molecule has 1 N–H and O–H groups in total. The van der Waals surface area contributed by atoms with Crippen LogP contribution in [-0.4, -0.2) is 44.2 Å². The van der Waals surface area contributed by atoms with E-state index in [0.29, 0.717) is 12.1 Å². The molecule has 0 radical (unpaired) electrons. The number of nitrogens with one attached hydrogen (secondary N) is 1. The summed E-state index contributed by atoms with van der Waals surface area (Å²) < 4.78 is 65.8. The minimum absolute atomic E-state index is 0.186. The Morgan fingerprint density at radius 2 is 1.90 bits per heavy atom. The molecule has 2 fully saturated rings. The fourth-order valence-electron chi connectivity index (χ4n) is 4.22. The first-order valence-electron chi connectivity index (χ1n) is 9.92. The molecule has 0 saturated carbocycles. The van der Waals surface area contributed by atoms with Gasteiger partial charge in [0.25, 0.3) is 17.6 Å². The van der Waals surface area contributed by atoms with Gasteiger partial charge < -0.3 is 14.8 Å². The first kappa shape index (κ1) is 20.5. The normalized spacial score (nSPS) is 27.9. The van der Waals surface area contributed by atoms with Crippen LogP contribution in [0, 0.1) is 0 Å². The molecule has 3 heterocycles. The first-order chi connectivity index (χ1) is 14.7. The summed E-state index contributed by atoms with van der Waals surface area (Å²) in [5, 5.41) is 2.67. The number of carbonyl (C=O) groups excluding carboxylic acids is 1. The summed E-state index contributed by atoms with van der Waals surface area (Å²) in [5.41, 5.74) is 1.46. The van der Waals surface area contributed by atoms with Crippen LogP contribution in [0.2, 0.25) is 0 Å². The van der Waals surface area contributed by atoms with Crippen molar-refractivity contribution in [3.63, 3.8) is 0 Å². The lowest BCUT2D eigenvalue weighted by atomic mass is 10.0. The van der Waals surface area contributed by atoms with Crippen molar-refractivity contribution in [3.05, 3.63) is 59.7 Å². The molecule has 0 aromatic heterocycles. The Bertz CT molecular complexity index is 1140. The van der Waals surface area contributed by atoms with Gasteiger partial charge >= 0.3 is 0 Å². The molecule has 0 bridgehead atoms. The third-order valence-electron chi connectivity index (χ3n) is 5.83. The number of sulfonamides is 1. The van der Waals surface area contributed by atoms with Gasteiger partial charge in [0, 0.05) is 24.9 Å². The lowest BCUT2D eigenvalue weighted by Crippen LogP contribution is -2.45. The largest absolute Gasteiger partial charge is 0.338 e. The molecule has 164 valence electrons. The van der Waals surface area contributed by atoms with Crippen LogP contribution in [0.25, 0.3) is 0 Å². The molecule has 2 aromatic carbocycles. The van der Waals surface area contributed by atoms with Gasteiger partial charge in [0.15, 0.2) is 0 Å². The summed E-state index contributed by atoms with van der Waals surface area (Å²) in [6, 6.07) is 13.4. The summed E-state index contributed by atoms with van der Waals surface area (Å²) in [5.74, 6) is -5.40. The van der Waals surface area contributed by atoms with E-state index in [9.17, 15) is 22.0 Å². The topological polar surface area (TPSA) is 84.9 Å². The Morgan fingerprint density at radius 1 is 1.13 bits per heavy atom. The molecule has 1 unspecified atom stereocenters. The van der Waals surface area contributed by atoms with Crippen molar-refractivity contribution in [2.75, 3.05) is 25.0 Å². The molecule has 3 aliphatic rings. The Balaban J connectivity index is 1.52. The van der Waals surface area contributed by atoms with Crippen LogP contribution >= 0.6 is 0 Å². The van der Waals surface area contributed by atoms with Gasteiger partial charge in [0.2, 0.25) is 10.0 Å². The van der Waals surface area contributed by atoms with E-state index in [1.165, 1.54) is 18.2 Å². The Morgan fingerprint density at radius 3 is 2.61 bits per heavy atom. The lowest BCUT2D eigenvalue weighted by Gasteiger charge is -2.37. The molecular formula is C21H20F2N2O5S. The third kappa shape index (κ3) is 3.34. The predicted molar refractivity (Wildman–Crippen MR) is 106 cm³/mol. The number of amides is 1. The Labute approximate surface area is 178 Å². The fraction of sp³-hybridized carbons (Fsp3) is 0.381. The van der Waals surface area contributed by atoms with E-state index in [1.807, 2.05) is 30.3 Å². The molecule has 1 spiro atoms. The number of alkyl halides is 2. The number of halogens is 2. The number of anilines is 1. The minimum Gasteiger partial charge on any atom is -0.338 e. The Hall–Kier alpha value is -2.40. The second-order valence-electron chi connectivity index (χ2n) is 7.88. The van der Waals surface area contributed by atoms with Gasteiger partial charge in [-0.2, -0.15) is 4.31 Å². The molecule has 10 heteroatoms. The monoisotopic (exact) mass is 450 g/mol. The van der Waals surface area contributed by atoms with Crippen molar-refractivity contribution in [1.82, 2.24) is 4.31 Å². The zero-order valence-corrected chi connectivity index (χ0v) is 17.2. The van der Waals surface area contributed by atoms with Crippen molar-refractivity contribution < 1.29 is 31.5 Å². The van der Waals surface area contributed by atoms with Gasteiger partial charge in [-0.15, -0.1) is 0 Å². The van der Waals surface area contributed by atoms with E-state index < -0.39 is 46.7 Å². The highest BCUT2D eigenvalue weighted by atomic mass is 32.2. The standard InChI is InChI=1S/C21H20F2N2O5S/c22-20(23)9-10-25(13-20)31(27,28)15-6-7-17-16(12-15)21(19(26)24-17)29-11-8-18(30-21)14-4-2-1-3-5-14/h1-7,12,18H,8-11,13H2,(H,24,26)/t18?,21-/m1/s1. The zero-order chi connectivity index (χ0) is 21.9. The van der Waals surface area contributed by atoms with Gasteiger partial charge in [-0.3, -0.25) is 4.79 Å². The van der Waals surface area contributed by atoms with E-state index in [1.54, 1.807) is 0 Å². The summed E-state index contributed by atoms with van der Waals surface area (Å²) in [7, 11) is -4.17. The zero-order valence-electron chi connectivity index (χ0n) is 16.4. The molecule has 7 nitrogen and oxygen atoms in total. The number of hydrogen-bond donors (Lipinski definition) is 1. The molecule has 2 saturated heterocycles. The molecule has 3 aliphatic heterocycles. The van der Waals surface area contributed by atoms with Crippen molar-refractivity contribution >= 4 is 21.6 Å². The van der Waals surface area contributed by atoms with Gasteiger partial charge in [-0.05, 0) is 23.8 Å². The van der Waals surface area contributed by atoms with Gasteiger partial charge in [0.05, 0.1) is 29.8 Å². The van der Waals surface area contributed by atoms with Crippen LogP contribution in [0.3, 0.4) is 0 Å². The van der Waals surface area contributed by atoms with Crippen molar-refractivity contribution in [2.45, 2.75) is 35.6 Å². The number of fused-ring (bicyclic) bond motifs is 2. The number of rotatable bonds is 3. The fourth-order valence-corrected chi connectivity index (χ4v) is 5.71. The highest BCUT2D eigenvalue weighted by Gasteiger charge is 2.54. The summed E-state index contributed by atoms with van der Waals surface area (Å²) in [4.78, 5) is 12.7. The summed E-state index contributed by atoms with van der Waals surface area (Å²) in [6.45, 7) is -0.905. The number of ether oxygens (including phenoxy) is 2.